The van der Waals surface area contributed by atoms with Gasteiger partial charge in [0.1, 0.15) is 6.42 Å². The van der Waals surface area contributed by atoms with Gasteiger partial charge in [0.05, 0.1) is 11.8 Å². The van der Waals surface area contributed by atoms with Crippen molar-refractivity contribution in [2.24, 2.45) is 5.10 Å². The fraction of sp³-hybridized carbons (Fsp3) is 0.250. The first-order valence-corrected chi connectivity index (χ1v) is 8.54. The Bertz CT molecular complexity index is 860. The van der Waals surface area contributed by atoms with Crippen molar-refractivity contribution in [1.29, 1.82) is 0 Å². The lowest BCUT2D eigenvalue weighted by atomic mass is 10.0. The molecule has 0 aromatic heterocycles. The first-order valence-electron chi connectivity index (χ1n) is 8.54. The number of hydrazone groups is 1. The normalized spacial score (nSPS) is 11.6. The van der Waals surface area contributed by atoms with Crippen LogP contribution in [0, 0.1) is 0 Å². The van der Waals surface area contributed by atoms with Crippen molar-refractivity contribution < 1.29 is 22.8 Å². The van der Waals surface area contributed by atoms with E-state index in [1.165, 1.54) is 23.9 Å². The first-order chi connectivity index (χ1) is 13.1. The second-order valence-corrected chi connectivity index (χ2v) is 6.42. The number of nitrogens with zero attached hydrogens (tertiary/aromatic N) is 1. The van der Waals surface area contributed by atoms with Crippen LogP contribution >= 0.6 is 0 Å². The molecule has 0 spiro atoms. The van der Waals surface area contributed by atoms with Crippen LogP contribution in [0.5, 0.6) is 0 Å². The summed E-state index contributed by atoms with van der Waals surface area (Å²) in [7, 11) is 0. The summed E-state index contributed by atoms with van der Waals surface area (Å²) in [5.41, 5.74) is 3.23. The second-order valence-electron chi connectivity index (χ2n) is 6.42. The molecular formula is C20H20F3N3O2. The number of carbonyl (C=O) groups excluding carboxylic acids is 2. The van der Waals surface area contributed by atoms with Gasteiger partial charge in [-0.15, -0.1) is 0 Å². The Balaban J connectivity index is 1.85. The molecule has 2 N–H and O–H groups in total. The minimum absolute atomic E-state index is 0.0404. The SMILES string of the molecule is CC(C)c1ccc(C=NNC(=O)CC(=O)Nc2cccc(C(F)(F)F)c2)cc1. The number of anilines is 1. The van der Waals surface area contributed by atoms with Gasteiger partial charge in [0, 0.05) is 5.69 Å². The van der Waals surface area contributed by atoms with Gasteiger partial charge in [-0.3, -0.25) is 9.59 Å². The third-order valence-corrected chi connectivity index (χ3v) is 3.80. The summed E-state index contributed by atoms with van der Waals surface area (Å²) in [6, 6.07) is 11.8. The molecule has 28 heavy (non-hydrogen) atoms. The highest BCUT2D eigenvalue weighted by atomic mass is 19.4. The number of rotatable bonds is 6. The summed E-state index contributed by atoms with van der Waals surface area (Å²) in [5.74, 6) is -1.02. The van der Waals surface area contributed by atoms with Gasteiger partial charge in [-0.25, -0.2) is 5.43 Å². The summed E-state index contributed by atoms with van der Waals surface area (Å²) in [4.78, 5) is 23.6. The average Bonchev–Trinajstić information content (AvgIpc) is 2.61. The number of benzene rings is 2. The minimum atomic E-state index is -4.51. The highest BCUT2D eigenvalue weighted by molar-refractivity contribution is 6.03. The maximum Gasteiger partial charge on any atom is 0.416 e. The van der Waals surface area contributed by atoms with Gasteiger partial charge in [0.25, 0.3) is 0 Å². The van der Waals surface area contributed by atoms with Gasteiger partial charge in [-0.2, -0.15) is 18.3 Å². The summed E-state index contributed by atoms with van der Waals surface area (Å²) in [6.45, 7) is 4.15. The predicted octanol–water partition coefficient (Wildman–Crippen LogP) is 4.31. The maximum absolute atomic E-state index is 12.7. The Hall–Kier alpha value is -3.16. The quantitative estimate of drug-likeness (QED) is 0.438. The Morgan fingerprint density at radius 3 is 2.36 bits per heavy atom. The molecule has 0 aliphatic heterocycles. The molecule has 0 saturated carbocycles. The summed E-state index contributed by atoms with van der Waals surface area (Å²) in [6.07, 6.45) is -3.65. The van der Waals surface area contributed by atoms with Crippen molar-refractivity contribution in [2.75, 3.05) is 5.32 Å². The van der Waals surface area contributed by atoms with E-state index in [1.807, 2.05) is 24.3 Å². The van der Waals surface area contributed by atoms with Crippen LogP contribution < -0.4 is 10.7 Å². The van der Waals surface area contributed by atoms with Crippen molar-refractivity contribution >= 4 is 23.7 Å². The molecule has 148 valence electrons. The van der Waals surface area contributed by atoms with E-state index >= 15 is 0 Å². The van der Waals surface area contributed by atoms with Crippen LogP contribution in [0.3, 0.4) is 0 Å². The fourth-order valence-corrected chi connectivity index (χ4v) is 2.31. The van der Waals surface area contributed by atoms with E-state index in [9.17, 15) is 22.8 Å². The molecule has 2 aromatic carbocycles. The topological polar surface area (TPSA) is 70.6 Å². The number of alkyl halides is 3. The van der Waals surface area contributed by atoms with E-state index in [0.29, 0.717) is 5.92 Å². The van der Waals surface area contributed by atoms with E-state index in [0.717, 1.165) is 17.7 Å². The monoisotopic (exact) mass is 391 g/mol. The molecular weight excluding hydrogens is 371 g/mol. The smallest absolute Gasteiger partial charge is 0.326 e. The summed E-state index contributed by atoms with van der Waals surface area (Å²) >= 11 is 0. The van der Waals surface area contributed by atoms with E-state index in [1.54, 1.807) is 0 Å². The van der Waals surface area contributed by atoms with Gasteiger partial charge >= 0.3 is 6.18 Å². The van der Waals surface area contributed by atoms with Crippen molar-refractivity contribution in [3.8, 4) is 0 Å². The van der Waals surface area contributed by atoms with Crippen LogP contribution in [0.1, 0.15) is 42.9 Å². The number of amides is 2. The van der Waals surface area contributed by atoms with E-state index in [-0.39, 0.29) is 5.69 Å². The summed E-state index contributed by atoms with van der Waals surface area (Å²) in [5, 5.41) is 6.03. The molecule has 0 aliphatic rings. The van der Waals surface area contributed by atoms with Crippen LogP contribution in [0.4, 0.5) is 18.9 Å². The highest BCUT2D eigenvalue weighted by Gasteiger charge is 2.30. The standard InChI is InChI=1S/C20H20F3N3O2/c1-13(2)15-8-6-14(7-9-15)12-24-26-19(28)11-18(27)25-17-5-3-4-16(10-17)20(21,22)23/h3-10,12-13H,11H2,1-2H3,(H,25,27)(H,26,28). The van der Waals surface area contributed by atoms with Gasteiger partial charge < -0.3 is 5.32 Å². The second kappa shape index (κ2) is 9.16. The molecule has 2 rings (SSSR count). The molecule has 0 fully saturated rings. The Labute approximate surface area is 160 Å². The molecule has 0 bridgehead atoms. The third-order valence-electron chi connectivity index (χ3n) is 3.80. The van der Waals surface area contributed by atoms with E-state index in [4.69, 9.17) is 0 Å². The number of halogens is 3. The van der Waals surface area contributed by atoms with Crippen molar-refractivity contribution in [3.63, 3.8) is 0 Å². The molecule has 0 aliphatic carbocycles. The number of carbonyl (C=O) groups is 2. The Morgan fingerprint density at radius 1 is 1.07 bits per heavy atom. The number of hydrogen-bond acceptors (Lipinski definition) is 3. The fourth-order valence-electron chi connectivity index (χ4n) is 2.31. The average molecular weight is 391 g/mol. The largest absolute Gasteiger partial charge is 0.416 e. The third kappa shape index (κ3) is 6.53. The lowest BCUT2D eigenvalue weighted by Gasteiger charge is -2.09. The maximum atomic E-state index is 12.7. The van der Waals surface area contributed by atoms with Crippen LogP contribution in [-0.4, -0.2) is 18.0 Å². The van der Waals surface area contributed by atoms with Crippen LogP contribution in [0.15, 0.2) is 53.6 Å². The molecule has 2 amide bonds. The zero-order chi connectivity index (χ0) is 20.7. The van der Waals surface area contributed by atoms with Crippen molar-refractivity contribution in [3.05, 3.63) is 65.2 Å². The molecule has 8 heteroatoms. The molecule has 0 heterocycles. The molecule has 0 unspecified atom stereocenters. The van der Waals surface area contributed by atoms with E-state index < -0.39 is 30.0 Å². The Kier molecular flexibility index (Phi) is 6.92. The number of nitrogens with one attached hydrogen (secondary N) is 2. The lowest BCUT2D eigenvalue weighted by molar-refractivity contribution is -0.137. The van der Waals surface area contributed by atoms with Gasteiger partial charge in [0.15, 0.2) is 0 Å². The predicted molar refractivity (Wildman–Crippen MR) is 101 cm³/mol. The van der Waals surface area contributed by atoms with Crippen LogP contribution in [0.25, 0.3) is 0 Å². The lowest BCUT2D eigenvalue weighted by Crippen LogP contribution is -2.24. The molecule has 0 radical (unpaired) electrons. The van der Waals surface area contributed by atoms with Crippen molar-refractivity contribution in [1.82, 2.24) is 5.43 Å². The molecule has 0 atom stereocenters. The molecule has 2 aromatic rings. The van der Waals surface area contributed by atoms with Gasteiger partial charge in [0.2, 0.25) is 11.8 Å². The molecule has 5 nitrogen and oxygen atoms in total. The van der Waals surface area contributed by atoms with Gasteiger partial charge in [-0.1, -0.05) is 44.2 Å². The van der Waals surface area contributed by atoms with Crippen LogP contribution in [0.2, 0.25) is 0 Å². The van der Waals surface area contributed by atoms with Crippen molar-refractivity contribution in [2.45, 2.75) is 32.4 Å². The number of hydrogen-bond donors (Lipinski definition) is 2. The van der Waals surface area contributed by atoms with Crippen LogP contribution in [-0.2, 0) is 15.8 Å². The minimum Gasteiger partial charge on any atom is -0.326 e. The van der Waals surface area contributed by atoms with E-state index in [2.05, 4.69) is 29.7 Å². The summed E-state index contributed by atoms with van der Waals surface area (Å²) < 4.78 is 38.0. The zero-order valence-corrected chi connectivity index (χ0v) is 15.4. The first kappa shape index (κ1) is 21.1. The molecule has 0 saturated heterocycles. The Morgan fingerprint density at radius 2 is 1.75 bits per heavy atom. The van der Waals surface area contributed by atoms with Gasteiger partial charge in [-0.05, 0) is 35.2 Å². The highest BCUT2D eigenvalue weighted by Crippen LogP contribution is 2.30. The zero-order valence-electron chi connectivity index (χ0n) is 15.4.